The van der Waals surface area contributed by atoms with Crippen molar-refractivity contribution in [2.75, 3.05) is 0 Å². The van der Waals surface area contributed by atoms with Crippen molar-refractivity contribution < 1.29 is 0 Å². The molecule has 314 valence electrons. The van der Waals surface area contributed by atoms with Crippen LogP contribution in [0.4, 0.5) is 0 Å². The van der Waals surface area contributed by atoms with Gasteiger partial charge in [-0.15, -0.1) is 22.7 Å². The minimum absolute atomic E-state index is 0.400. The normalized spacial score (nSPS) is 11.8. The van der Waals surface area contributed by atoms with Gasteiger partial charge in [0.2, 0.25) is 0 Å². The molecule has 9 heteroatoms. The summed E-state index contributed by atoms with van der Waals surface area (Å²) in [6.45, 7) is 0. The van der Waals surface area contributed by atoms with E-state index < -0.39 is 0 Å². The molecular formula is C59H31N7S2. The van der Waals surface area contributed by atoms with Crippen molar-refractivity contribution in [1.29, 1.82) is 10.5 Å². The maximum absolute atomic E-state index is 10.5. The Morgan fingerprint density at radius 2 is 0.765 bits per heavy atom. The lowest BCUT2D eigenvalue weighted by atomic mass is 10.1. The summed E-state index contributed by atoms with van der Waals surface area (Å²) in [5, 5.41) is 30.4. The Morgan fingerprint density at radius 1 is 0.338 bits per heavy atom. The van der Waals surface area contributed by atoms with Crippen LogP contribution in [0.1, 0.15) is 11.1 Å². The van der Waals surface area contributed by atoms with Crippen LogP contribution < -0.4 is 0 Å². The fourth-order valence-electron chi connectivity index (χ4n) is 10.2. The summed E-state index contributed by atoms with van der Waals surface area (Å²) < 4.78 is 9.43. The molecule has 68 heavy (non-hydrogen) atoms. The van der Waals surface area contributed by atoms with Crippen molar-refractivity contribution in [2.24, 2.45) is 0 Å². The molecule has 7 nitrogen and oxygen atoms in total. The van der Waals surface area contributed by atoms with Crippen LogP contribution in [0.15, 0.2) is 188 Å². The van der Waals surface area contributed by atoms with Gasteiger partial charge in [-0.2, -0.15) is 10.5 Å². The van der Waals surface area contributed by atoms with Crippen molar-refractivity contribution in [2.45, 2.75) is 0 Å². The highest BCUT2D eigenvalue weighted by atomic mass is 32.1. The van der Waals surface area contributed by atoms with E-state index in [0.717, 1.165) is 60.5 Å². The molecule has 0 fully saturated rings. The Morgan fingerprint density at radius 3 is 1.25 bits per heavy atom. The van der Waals surface area contributed by atoms with E-state index in [2.05, 4.69) is 143 Å². The first-order valence-electron chi connectivity index (χ1n) is 22.2. The number of hydrogen-bond donors (Lipinski definition) is 0. The smallest absolute Gasteiger partial charge is 0.166 e. The lowest BCUT2D eigenvalue weighted by molar-refractivity contribution is 1.06. The molecule has 0 N–H and O–H groups in total. The van der Waals surface area contributed by atoms with Crippen molar-refractivity contribution >= 4 is 107 Å². The number of benzene rings is 9. The van der Waals surface area contributed by atoms with E-state index in [0.29, 0.717) is 39.7 Å². The molecule has 0 saturated carbocycles. The monoisotopic (exact) mass is 901 g/mol. The molecule has 5 aromatic heterocycles. The van der Waals surface area contributed by atoms with Crippen LogP contribution in [-0.2, 0) is 0 Å². The lowest BCUT2D eigenvalue weighted by Crippen LogP contribution is -2.06. The van der Waals surface area contributed by atoms with Gasteiger partial charge in [0.25, 0.3) is 0 Å². The van der Waals surface area contributed by atoms with Crippen LogP contribution in [-0.4, -0.2) is 24.1 Å². The summed E-state index contributed by atoms with van der Waals surface area (Å²) in [5.41, 5.74) is 8.88. The van der Waals surface area contributed by atoms with E-state index >= 15 is 0 Å². The summed E-state index contributed by atoms with van der Waals surface area (Å²) >= 11 is 3.58. The Balaban J connectivity index is 1.05. The minimum Gasteiger partial charge on any atom is -0.308 e. The predicted molar refractivity (Wildman–Crippen MR) is 280 cm³/mol. The molecule has 0 saturated heterocycles. The van der Waals surface area contributed by atoms with Crippen LogP contribution in [0.5, 0.6) is 0 Å². The summed E-state index contributed by atoms with van der Waals surface area (Å²) in [5.74, 6) is 1.27. The first kappa shape index (κ1) is 38.3. The topological polar surface area (TPSA) is 96.1 Å². The van der Waals surface area contributed by atoms with Gasteiger partial charge in [-0.05, 0) is 84.9 Å². The number of nitriles is 2. The highest BCUT2D eigenvalue weighted by Gasteiger charge is 2.24. The third kappa shape index (κ3) is 5.71. The molecule has 0 aliphatic rings. The standard InChI is InChI=1S/C59H31N7S2/c60-32-34-22-24-49(65-47-18-8-4-14-37(47)41-28-43-39-16-6-10-20-53(39)67-55(43)30-51(41)65)45(26-34)58-62-57(36-12-2-1-3-13-36)63-59(64-58)46-27-35(33-61)23-25-50(46)66-48-19-9-5-15-38(48)42-29-44-40-17-7-11-21-54(40)68-56(44)31-52(42)66/h1-31H. The van der Waals surface area contributed by atoms with Crippen LogP contribution >= 0.6 is 22.7 Å². The minimum atomic E-state index is 0.400. The highest BCUT2D eigenvalue weighted by Crippen LogP contribution is 2.44. The fraction of sp³-hybridized carbons (Fsp3) is 0. The second kappa shape index (κ2) is 14.8. The van der Waals surface area contributed by atoms with Gasteiger partial charge in [0.15, 0.2) is 17.5 Å². The Hall–Kier alpha value is -8.99. The molecule has 5 heterocycles. The van der Waals surface area contributed by atoms with Gasteiger partial charge in [0.1, 0.15) is 0 Å². The molecule has 0 spiro atoms. The first-order valence-corrected chi connectivity index (χ1v) is 23.8. The molecule has 0 radical (unpaired) electrons. The van der Waals surface area contributed by atoms with Crippen molar-refractivity contribution in [3.63, 3.8) is 0 Å². The third-order valence-electron chi connectivity index (χ3n) is 13.2. The Bertz CT molecular complexity index is 4270. The van der Waals surface area contributed by atoms with Crippen LogP contribution in [0, 0.1) is 22.7 Å². The SMILES string of the molecule is N#Cc1ccc(-n2c3ccccc3c3cc4c(cc32)sc2ccccc24)c(-c2nc(-c3ccccc3)nc(-c3cc(C#N)ccc3-n3c4ccccc4c4cc5c(cc43)sc3ccccc35)n2)c1. The van der Waals surface area contributed by atoms with Gasteiger partial charge >= 0.3 is 0 Å². The fourth-order valence-corrected chi connectivity index (χ4v) is 12.4. The molecule has 0 aliphatic heterocycles. The van der Waals surface area contributed by atoms with Crippen LogP contribution in [0.2, 0.25) is 0 Å². The zero-order valence-corrected chi connectivity index (χ0v) is 37.5. The molecular weight excluding hydrogens is 871 g/mol. The number of thiophene rings is 2. The predicted octanol–water partition coefficient (Wildman–Crippen LogP) is 15.5. The van der Waals surface area contributed by atoms with E-state index in [1.807, 2.05) is 66.7 Å². The molecule has 0 unspecified atom stereocenters. The maximum Gasteiger partial charge on any atom is 0.166 e. The number of aromatic nitrogens is 5. The number of hydrogen-bond acceptors (Lipinski definition) is 7. The molecule has 9 aromatic carbocycles. The third-order valence-corrected chi connectivity index (χ3v) is 15.5. The lowest BCUT2D eigenvalue weighted by Gasteiger charge is -2.17. The van der Waals surface area contributed by atoms with Gasteiger partial charge in [0.05, 0.1) is 56.7 Å². The molecule has 0 atom stereocenters. The Labute approximate surface area is 395 Å². The average Bonchev–Trinajstić information content (AvgIpc) is 4.14. The summed E-state index contributed by atoms with van der Waals surface area (Å²) in [7, 11) is 0. The van der Waals surface area contributed by atoms with Gasteiger partial charge < -0.3 is 9.13 Å². The molecule has 0 bridgehead atoms. The maximum atomic E-state index is 10.5. The van der Waals surface area contributed by atoms with Gasteiger partial charge in [-0.3, -0.25) is 0 Å². The van der Waals surface area contributed by atoms with Gasteiger partial charge in [-0.1, -0.05) is 103 Å². The second-order valence-electron chi connectivity index (χ2n) is 17.0. The average molecular weight is 902 g/mol. The molecule has 14 rings (SSSR count). The number of para-hydroxylation sites is 2. The largest absolute Gasteiger partial charge is 0.308 e. The number of nitrogens with zero attached hydrogens (tertiary/aromatic N) is 7. The van der Waals surface area contributed by atoms with Gasteiger partial charge in [0, 0.05) is 78.6 Å². The zero-order valence-electron chi connectivity index (χ0n) is 35.8. The molecule has 0 amide bonds. The van der Waals surface area contributed by atoms with Crippen molar-refractivity contribution in [3.05, 3.63) is 199 Å². The van der Waals surface area contributed by atoms with E-state index in [1.165, 1.54) is 40.3 Å². The summed E-state index contributed by atoms with van der Waals surface area (Å²) in [6, 6.07) is 69.6. The van der Waals surface area contributed by atoms with Crippen molar-refractivity contribution in [1.82, 2.24) is 24.1 Å². The quantitative estimate of drug-likeness (QED) is 0.171. The number of fused-ring (bicyclic) bond motifs is 12. The summed E-state index contributed by atoms with van der Waals surface area (Å²) in [4.78, 5) is 15.9. The van der Waals surface area contributed by atoms with E-state index in [4.69, 9.17) is 15.0 Å². The summed E-state index contributed by atoms with van der Waals surface area (Å²) in [6.07, 6.45) is 0. The molecule has 0 aliphatic carbocycles. The van der Waals surface area contributed by atoms with Crippen LogP contribution in [0.25, 0.3) is 129 Å². The van der Waals surface area contributed by atoms with Gasteiger partial charge in [-0.25, -0.2) is 15.0 Å². The molecule has 14 aromatic rings. The second-order valence-corrected chi connectivity index (χ2v) is 19.2. The first-order chi connectivity index (χ1) is 33.6. The Kier molecular flexibility index (Phi) is 8.31. The zero-order chi connectivity index (χ0) is 45.0. The highest BCUT2D eigenvalue weighted by molar-refractivity contribution is 7.26. The van der Waals surface area contributed by atoms with Crippen molar-refractivity contribution in [3.8, 4) is 57.7 Å². The van der Waals surface area contributed by atoms with E-state index in [-0.39, 0.29) is 0 Å². The van der Waals surface area contributed by atoms with E-state index in [9.17, 15) is 10.5 Å². The number of rotatable bonds is 5. The van der Waals surface area contributed by atoms with E-state index in [1.54, 1.807) is 22.7 Å². The van der Waals surface area contributed by atoms with Crippen LogP contribution in [0.3, 0.4) is 0 Å².